The summed E-state index contributed by atoms with van der Waals surface area (Å²) < 4.78 is 0.703. The molecule has 0 saturated heterocycles. The van der Waals surface area contributed by atoms with Crippen LogP contribution in [0.3, 0.4) is 0 Å². The Morgan fingerprint density at radius 3 is 2.82 bits per heavy atom. The molecule has 1 rings (SSSR count). The number of ketones is 1. The molecule has 1 aromatic heterocycles. The number of carbonyl (C=O) groups is 1. The predicted molar refractivity (Wildman–Crippen MR) is 52.2 cm³/mol. The minimum Gasteiger partial charge on any atom is -0.292 e. The first-order valence-corrected chi connectivity index (χ1v) is 5.32. The summed E-state index contributed by atoms with van der Waals surface area (Å²) in [5.74, 6) is 0.0880. The second kappa shape index (κ2) is 3.70. The molecule has 0 aliphatic rings. The average Bonchev–Trinajstić information content (AvgIpc) is 2.31. The van der Waals surface area contributed by atoms with Crippen LogP contribution in [0.25, 0.3) is 0 Å². The molecule has 0 fully saturated rings. The highest BCUT2D eigenvalue weighted by Gasteiger charge is 2.09. The topological polar surface area (TPSA) is 17.1 Å². The Morgan fingerprint density at radius 1 is 1.82 bits per heavy atom. The fourth-order valence-electron chi connectivity index (χ4n) is 0.663. The van der Waals surface area contributed by atoms with Gasteiger partial charge >= 0.3 is 0 Å². The van der Waals surface area contributed by atoms with Crippen molar-refractivity contribution in [2.45, 2.75) is 6.92 Å². The zero-order chi connectivity index (χ0) is 8.43. The van der Waals surface area contributed by atoms with E-state index in [1.807, 2.05) is 13.0 Å². The summed E-state index contributed by atoms with van der Waals surface area (Å²) in [6.07, 6.45) is 0. The van der Waals surface area contributed by atoms with Crippen molar-refractivity contribution in [2.24, 2.45) is 0 Å². The molecular formula is C7H6BrClOS. The van der Waals surface area contributed by atoms with Crippen molar-refractivity contribution in [2.75, 3.05) is 5.33 Å². The zero-order valence-corrected chi connectivity index (χ0v) is 9.02. The van der Waals surface area contributed by atoms with Crippen LogP contribution in [0.4, 0.5) is 0 Å². The molecule has 60 valence electrons. The molecule has 0 bridgehead atoms. The predicted octanol–water partition coefficient (Wildman–Crippen LogP) is 3.29. The lowest BCUT2D eigenvalue weighted by Gasteiger charge is -1.85. The van der Waals surface area contributed by atoms with E-state index in [1.54, 1.807) is 0 Å². The minimum atomic E-state index is 0.0880. The molecular weight excluding hydrogens is 248 g/mol. The largest absolute Gasteiger partial charge is 0.292 e. The van der Waals surface area contributed by atoms with Gasteiger partial charge in [0.15, 0.2) is 5.78 Å². The standard InChI is InChI=1S/C7H6BrClOS/c1-4-2-6(5(10)3-8)11-7(4)9/h2H,3H2,1H3. The molecule has 11 heavy (non-hydrogen) atoms. The molecule has 1 nitrogen and oxygen atoms in total. The molecule has 0 aromatic carbocycles. The number of carbonyl (C=O) groups excluding carboxylic acids is 1. The van der Waals surface area contributed by atoms with Crippen molar-refractivity contribution in [3.8, 4) is 0 Å². The molecule has 0 atom stereocenters. The molecule has 0 amide bonds. The van der Waals surface area contributed by atoms with E-state index in [1.165, 1.54) is 11.3 Å². The summed E-state index contributed by atoms with van der Waals surface area (Å²) in [5, 5.41) is 0.364. The molecule has 0 radical (unpaired) electrons. The van der Waals surface area contributed by atoms with Gasteiger partial charge in [-0.05, 0) is 18.6 Å². The number of alkyl halides is 1. The number of halogens is 2. The van der Waals surface area contributed by atoms with Gasteiger partial charge in [-0.2, -0.15) is 0 Å². The number of thiophene rings is 1. The van der Waals surface area contributed by atoms with E-state index >= 15 is 0 Å². The first kappa shape index (κ1) is 9.23. The Kier molecular flexibility index (Phi) is 3.10. The summed E-state index contributed by atoms with van der Waals surface area (Å²) >= 11 is 10.2. The van der Waals surface area contributed by atoms with Crippen LogP contribution < -0.4 is 0 Å². The minimum absolute atomic E-state index is 0.0880. The van der Waals surface area contributed by atoms with Crippen molar-refractivity contribution >= 4 is 44.7 Å². The third kappa shape index (κ3) is 2.04. The highest BCUT2D eigenvalue weighted by atomic mass is 79.9. The van der Waals surface area contributed by atoms with E-state index in [2.05, 4.69) is 15.9 Å². The van der Waals surface area contributed by atoms with Gasteiger partial charge in [0.1, 0.15) is 0 Å². The van der Waals surface area contributed by atoms with Crippen LogP contribution in [0.1, 0.15) is 15.2 Å². The van der Waals surface area contributed by atoms with Gasteiger partial charge in [0.05, 0.1) is 14.5 Å². The maximum absolute atomic E-state index is 11.1. The third-order valence-corrected chi connectivity index (χ3v) is 3.36. The highest BCUT2D eigenvalue weighted by molar-refractivity contribution is 9.09. The van der Waals surface area contributed by atoms with Crippen molar-refractivity contribution in [3.05, 3.63) is 20.8 Å². The van der Waals surface area contributed by atoms with Gasteiger partial charge in [0, 0.05) is 0 Å². The Morgan fingerprint density at radius 2 is 2.45 bits per heavy atom. The Balaban J connectivity index is 2.97. The molecule has 4 heteroatoms. The lowest BCUT2D eigenvalue weighted by Crippen LogP contribution is -1.94. The number of rotatable bonds is 2. The van der Waals surface area contributed by atoms with Crippen molar-refractivity contribution in [1.29, 1.82) is 0 Å². The molecule has 1 heterocycles. The van der Waals surface area contributed by atoms with Gasteiger partial charge in [0.2, 0.25) is 0 Å². The van der Waals surface area contributed by atoms with E-state index in [0.717, 1.165) is 10.4 Å². The Labute approximate surface area is 82.5 Å². The highest BCUT2D eigenvalue weighted by Crippen LogP contribution is 2.27. The lowest BCUT2D eigenvalue weighted by atomic mass is 10.3. The van der Waals surface area contributed by atoms with Gasteiger partial charge < -0.3 is 0 Å². The monoisotopic (exact) mass is 252 g/mol. The molecule has 0 unspecified atom stereocenters. The van der Waals surface area contributed by atoms with Crippen LogP contribution in [0.5, 0.6) is 0 Å². The van der Waals surface area contributed by atoms with Gasteiger partial charge in [-0.15, -0.1) is 11.3 Å². The first-order chi connectivity index (χ1) is 5.15. The Hall–Kier alpha value is 0.140. The van der Waals surface area contributed by atoms with E-state index in [-0.39, 0.29) is 5.78 Å². The van der Waals surface area contributed by atoms with Gasteiger partial charge in [-0.1, -0.05) is 27.5 Å². The van der Waals surface area contributed by atoms with Crippen molar-refractivity contribution in [1.82, 2.24) is 0 Å². The molecule has 0 saturated carbocycles. The van der Waals surface area contributed by atoms with E-state index in [9.17, 15) is 4.79 Å². The van der Waals surface area contributed by atoms with E-state index in [4.69, 9.17) is 11.6 Å². The van der Waals surface area contributed by atoms with Crippen LogP contribution in [-0.2, 0) is 0 Å². The maximum Gasteiger partial charge on any atom is 0.183 e. The lowest BCUT2D eigenvalue weighted by molar-refractivity contribution is 0.102. The summed E-state index contributed by atoms with van der Waals surface area (Å²) in [4.78, 5) is 11.8. The number of hydrogen-bond donors (Lipinski definition) is 0. The maximum atomic E-state index is 11.1. The van der Waals surface area contributed by atoms with Crippen molar-refractivity contribution < 1.29 is 4.79 Å². The molecule has 1 aromatic rings. The van der Waals surface area contributed by atoms with E-state index in [0.29, 0.717) is 9.67 Å². The van der Waals surface area contributed by atoms with E-state index < -0.39 is 0 Å². The van der Waals surface area contributed by atoms with Gasteiger partial charge in [-0.3, -0.25) is 4.79 Å². The summed E-state index contributed by atoms with van der Waals surface area (Å²) in [7, 11) is 0. The van der Waals surface area contributed by atoms with Crippen LogP contribution in [-0.4, -0.2) is 11.1 Å². The summed E-state index contributed by atoms with van der Waals surface area (Å²) in [6.45, 7) is 1.89. The fourth-order valence-corrected chi connectivity index (χ4v) is 2.29. The molecule has 0 aliphatic carbocycles. The second-order valence-electron chi connectivity index (χ2n) is 2.12. The quantitative estimate of drug-likeness (QED) is 0.584. The summed E-state index contributed by atoms with van der Waals surface area (Å²) in [6, 6.07) is 1.82. The number of aryl methyl sites for hydroxylation is 1. The molecule has 0 N–H and O–H groups in total. The number of Topliss-reactive ketones (excluding diaryl/α,β-unsaturated/α-hetero) is 1. The molecule has 0 spiro atoms. The molecule has 0 aliphatic heterocycles. The van der Waals surface area contributed by atoms with Crippen LogP contribution in [0, 0.1) is 6.92 Å². The smallest absolute Gasteiger partial charge is 0.183 e. The first-order valence-electron chi connectivity index (χ1n) is 3.00. The SMILES string of the molecule is Cc1cc(C(=O)CBr)sc1Cl. The Bertz CT molecular complexity index is 262. The van der Waals surface area contributed by atoms with Gasteiger partial charge in [-0.25, -0.2) is 0 Å². The zero-order valence-electron chi connectivity index (χ0n) is 5.86. The van der Waals surface area contributed by atoms with Crippen LogP contribution >= 0.6 is 38.9 Å². The third-order valence-electron chi connectivity index (χ3n) is 1.25. The number of hydrogen-bond acceptors (Lipinski definition) is 2. The fraction of sp³-hybridized carbons (Fsp3) is 0.286. The second-order valence-corrected chi connectivity index (χ2v) is 4.34. The summed E-state index contributed by atoms with van der Waals surface area (Å²) in [5.41, 5.74) is 0.973. The van der Waals surface area contributed by atoms with Gasteiger partial charge in [0.25, 0.3) is 0 Å². The normalized spacial score (nSPS) is 10.1. The van der Waals surface area contributed by atoms with Crippen LogP contribution in [0.2, 0.25) is 4.34 Å². The van der Waals surface area contributed by atoms with Crippen LogP contribution in [0.15, 0.2) is 6.07 Å². The van der Waals surface area contributed by atoms with Crippen molar-refractivity contribution in [3.63, 3.8) is 0 Å². The average molecular weight is 254 g/mol.